The molecule has 106 valence electrons. The highest BCUT2D eigenvalue weighted by Crippen LogP contribution is 2.18. The molecule has 0 unspecified atom stereocenters. The molecule has 0 saturated heterocycles. The van der Waals surface area contributed by atoms with E-state index in [9.17, 15) is 14.0 Å². The van der Waals surface area contributed by atoms with Crippen molar-refractivity contribution in [2.24, 2.45) is 0 Å². The van der Waals surface area contributed by atoms with Crippen molar-refractivity contribution in [1.82, 2.24) is 9.78 Å². The number of carboxylic acid groups (broad SMARTS) is 1. The molecule has 1 heterocycles. The molecule has 0 bridgehead atoms. The van der Waals surface area contributed by atoms with E-state index in [1.807, 2.05) is 13.8 Å². The summed E-state index contributed by atoms with van der Waals surface area (Å²) < 4.78 is 14.8. The maximum atomic E-state index is 13.8. The van der Waals surface area contributed by atoms with Gasteiger partial charge in [0.2, 0.25) is 0 Å². The molecule has 2 N–H and O–H groups in total. The second-order valence-corrected chi connectivity index (χ2v) is 4.82. The van der Waals surface area contributed by atoms with Crippen LogP contribution in [0.2, 0.25) is 0 Å². The minimum atomic E-state index is -1.09. The van der Waals surface area contributed by atoms with Crippen molar-refractivity contribution in [1.29, 1.82) is 0 Å². The summed E-state index contributed by atoms with van der Waals surface area (Å²) in [6, 6.07) is 5.84. The summed E-state index contributed by atoms with van der Waals surface area (Å²) >= 11 is 0. The molecule has 5 nitrogen and oxygen atoms in total. The number of nitrogens with one attached hydrogen (secondary N) is 1. The minimum Gasteiger partial charge on any atom is -0.481 e. The summed E-state index contributed by atoms with van der Waals surface area (Å²) in [5.74, 6) is -1.71. The molecule has 0 fully saturated rings. The topological polar surface area (TPSA) is 75.1 Å². The number of hydrogen-bond acceptors (Lipinski definition) is 2. The van der Waals surface area contributed by atoms with Gasteiger partial charge in [0.25, 0.3) is 5.56 Å². The first-order chi connectivity index (χ1) is 9.41. The van der Waals surface area contributed by atoms with Gasteiger partial charge in [-0.1, -0.05) is 26.0 Å². The van der Waals surface area contributed by atoms with Gasteiger partial charge in [0.05, 0.1) is 12.0 Å². The van der Waals surface area contributed by atoms with Crippen molar-refractivity contribution in [2.75, 3.05) is 0 Å². The molecule has 20 heavy (non-hydrogen) atoms. The number of benzene rings is 1. The molecule has 0 aliphatic heterocycles. The highest BCUT2D eigenvalue weighted by atomic mass is 19.1. The van der Waals surface area contributed by atoms with Crippen molar-refractivity contribution in [2.45, 2.75) is 26.2 Å². The number of aromatic amines is 1. The number of hydrogen-bond donors (Lipinski definition) is 2. The van der Waals surface area contributed by atoms with Gasteiger partial charge in [-0.3, -0.25) is 14.7 Å². The molecule has 0 amide bonds. The first kappa shape index (κ1) is 14.0. The van der Waals surface area contributed by atoms with Gasteiger partial charge in [-0.05, 0) is 18.1 Å². The van der Waals surface area contributed by atoms with E-state index in [-0.39, 0.29) is 23.6 Å². The van der Waals surface area contributed by atoms with Crippen LogP contribution in [0.3, 0.4) is 0 Å². The number of carboxylic acids is 1. The van der Waals surface area contributed by atoms with Crippen molar-refractivity contribution in [3.8, 4) is 5.69 Å². The average molecular weight is 278 g/mol. The Morgan fingerprint density at radius 1 is 1.40 bits per heavy atom. The summed E-state index contributed by atoms with van der Waals surface area (Å²) in [7, 11) is 0. The smallest absolute Gasteiger partial charge is 0.308 e. The van der Waals surface area contributed by atoms with Crippen LogP contribution in [-0.2, 0) is 11.2 Å². The van der Waals surface area contributed by atoms with Crippen molar-refractivity contribution in [3.05, 3.63) is 51.7 Å². The highest BCUT2D eigenvalue weighted by molar-refractivity contribution is 5.70. The Kier molecular flexibility index (Phi) is 3.74. The fourth-order valence-corrected chi connectivity index (χ4v) is 2.09. The predicted octanol–water partition coefficient (Wildman–Crippen LogP) is 2.06. The van der Waals surface area contributed by atoms with E-state index in [4.69, 9.17) is 5.11 Å². The lowest BCUT2D eigenvalue weighted by Gasteiger charge is -2.05. The molecule has 0 radical (unpaired) electrons. The number of carbonyl (C=O) groups is 1. The number of rotatable bonds is 4. The molecule has 2 rings (SSSR count). The molecule has 6 heteroatoms. The fraction of sp³-hybridized carbons (Fsp3) is 0.286. The van der Waals surface area contributed by atoms with E-state index in [2.05, 4.69) is 5.10 Å². The largest absolute Gasteiger partial charge is 0.481 e. The lowest BCUT2D eigenvalue weighted by Crippen LogP contribution is -2.20. The molecule has 0 aliphatic rings. The van der Waals surface area contributed by atoms with Gasteiger partial charge in [0.1, 0.15) is 11.5 Å². The summed E-state index contributed by atoms with van der Waals surface area (Å²) in [6.07, 6.45) is -0.385. The molecule has 2 aromatic rings. The third-order valence-electron chi connectivity index (χ3n) is 3.02. The van der Waals surface area contributed by atoms with Gasteiger partial charge in [-0.25, -0.2) is 9.07 Å². The lowest BCUT2D eigenvalue weighted by molar-refractivity contribution is -0.136. The van der Waals surface area contributed by atoms with Crippen LogP contribution in [0.5, 0.6) is 0 Å². The molecular weight excluding hydrogens is 263 g/mol. The molecule has 0 aliphatic carbocycles. The number of para-hydroxylation sites is 1. The Balaban J connectivity index is 2.65. The second-order valence-electron chi connectivity index (χ2n) is 4.82. The second kappa shape index (κ2) is 5.32. The number of aliphatic carboxylic acids is 1. The van der Waals surface area contributed by atoms with Gasteiger partial charge in [-0.2, -0.15) is 0 Å². The monoisotopic (exact) mass is 278 g/mol. The lowest BCUT2D eigenvalue weighted by atomic mass is 10.0. The average Bonchev–Trinajstić information content (AvgIpc) is 2.68. The maximum absolute atomic E-state index is 13.8. The predicted molar refractivity (Wildman–Crippen MR) is 71.8 cm³/mol. The highest BCUT2D eigenvalue weighted by Gasteiger charge is 2.20. The van der Waals surface area contributed by atoms with Gasteiger partial charge in [-0.15, -0.1) is 0 Å². The Hall–Kier alpha value is -2.37. The van der Waals surface area contributed by atoms with Crippen molar-refractivity contribution < 1.29 is 14.3 Å². The third kappa shape index (κ3) is 2.49. The Bertz CT molecular complexity index is 701. The molecule has 1 aromatic heterocycles. The van der Waals surface area contributed by atoms with E-state index in [0.717, 1.165) is 4.68 Å². The zero-order valence-corrected chi connectivity index (χ0v) is 11.2. The molecular formula is C14H15FN2O3. The summed E-state index contributed by atoms with van der Waals surface area (Å²) in [6.45, 7) is 3.67. The van der Waals surface area contributed by atoms with E-state index in [0.29, 0.717) is 5.69 Å². The van der Waals surface area contributed by atoms with Crippen molar-refractivity contribution in [3.63, 3.8) is 0 Å². The Morgan fingerprint density at radius 2 is 2.05 bits per heavy atom. The molecule has 0 atom stereocenters. The van der Waals surface area contributed by atoms with Crippen LogP contribution < -0.4 is 5.56 Å². The van der Waals surface area contributed by atoms with Gasteiger partial charge >= 0.3 is 5.97 Å². The quantitative estimate of drug-likeness (QED) is 0.898. The van der Waals surface area contributed by atoms with Crippen LogP contribution in [-0.4, -0.2) is 20.9 Å². The summed E-state index contributed by atoms with van der Waals surface area (Å²) in [5, 5.41) is 11.7. The normalized spacial score (nSPS) is 11.0. The number of nitrogens with zero attached hydrogens (tertiary/aromatic N) is 1. The zero-order chi connectivity index (χ0) is 14.9. The van der Waals surface area contributed by atoms with Crippen LogP contribution in [0.25, 0.3) is 5.69 Å². The standard InChI is InChI=1S/C14H15FN2O3/c1-8(2)13-9(7-12(18)19)14(20)17(16-13)11-6-4-3-5-10(11)15/h3-6,8,16H,7H2,1-2H3,(H,18,19). The van der Waals surface area contributed by atoms with Gasteiger partial charge in [0, 0.05) is 5.69 Å². The van der Waals surface area contributed by atoms with Crippen molar-refractivity contribution >= 4 is 5.97 Å². The zero-order valence-electron chi connectivity index (χ0n) is 11.2. The Morgan fingerprint density at radius 3 is 2.60 bits per heavy atom. The first-order valence-corrected chi connectivity index (χ1v) is 6.22. The van der Waals surface area contributed by atoms with Crippen LogP contribution in [0.1, 0.15) is 31.0 Å². The van der Waals surface area contributed by atoms with Gasteiger partial charge in [0.15, 0.2) is 0 Å². The summed E-state index contributed by atoms with van der Waals surface area (Å²) in [5.41, 5.74) is 0.230. The first-order valence-electron chi connectivity index (χ1n) is 6.22. The SMILES string of the molecule is CC(C)c1[nH]n(-c2ccccc2F)c(=O)c1CC(=O)O. The van der Waals surface area contributed by atoms with E-state index in [1.54, 1.807) is 6.07 Å². The minimum absolute atomic E-state index is 0.0647. The van der Waals surface area contributed by atoms with E-state index < -0.39 is 17.3 Å². The van der Waals surface area contributed by atoms with E-state index in [1.165, 1.54) is 18.2 Å². The van der Waals surface area contributed by atoms with Crippen LogP contribution in [0.4, 0.5) is 4.39 Å². The summed E-state index contributed by atoms with van der Waals surface area (Å²) in [4.78, 5) is 23.2. The third-order valence-corrected chi connectivity index (χ3v) is 3.02. The number of H-pyrrole nitrogens is 1. The van der Waals surface area contributed by atoms with Crippen LogP contribution in [0.15, 0.2) is 29.1 Å². The van der Waals surface area contributed by atoms with Crippen LogP contribution in [0, 0.1) is 5.82 Å². The maximum Gasteiger partial charge on any atom is 0.308 e. The number of halogens is 1. The Labute approximate surface area is 114 Å². The van der Waals surface area contributed by atoms with E-state index >= 15 is 0 Å². The van der Waals surface area contributed by atoms with Gasteiger partial charge < -0.3 is 5.11 Å². The molecule has 0 spiro atoms. The van der Waals surface area contributed by atoms with Crippen LogP contribution >= 0.6 is 0 Å². The molecule has 0 saturated carbocycles. The fourth-order valence-electron chi connectivity index (χ4n) is 2.09. The number of aromatic nitrogens is 2. The molecule has 1 aromatic carbocycles.